The number of amides is 10. The van der Waals surface area contributed by atoms with Gasteiger partial charge in [-0.1, -0.05) is 61.9 Å². The number of alkyl carbamates (subject to hydrolysis) is 1. The van der Waals surface area contributed by atoms with Gasteiger partial charge in [-0.15, -0.1) is 11.6 Å². The van der Waals surface area contributed by atoms with E-state index in [1.807, 2.05) is 44.2 Å². The van der Waals surface area contributed by atoms with Crippen LogP contribution in [-0.2, 0) is 54.3 Å². The molecule has 0 spiro atoms. The summed E-state index contributed by atoms with van der Waals surface area (Å²) in [5.41, 5.74) is 16.6. The van der Waals surface area contributed by atoms with Gasteiger partial charge in [0.25, 0.3) is 23.6 Å². The Kier molecular flexibility index (Phi) is 29.4. The average molecular weight is 1460 g/mol. The SMILES string of the molecule is Cc1ccc(C(=O)Nc2cnc3[nH]c(C(=O)N4C[C@@H](CCl)c5c4cc(OC(=O)N(CCCC[C@H](N)C(=O)O)CCN(C)C(=O)OCc4ccc(NC(=O)[C@H](CCCNC(N)=O)CC(=O)[C@@H](NC(=O)OCCOCCOCCOCCN6C(=O)C=CC6=O)C(C)C)cc4)c4cccc(C)c54)cc3c2)cc1. The lowest BCUT2D eigenvalue weighted by Crippen LogP contribution is -2.46. The van der Waals surface area contributed by atoms with Crippen molar-refractivity contribution >= 4 is 116 Å². The van der Waals surface area contributed by atoms with E-state index in [1.54, 1.807) is 73.3 Å². The minimum absolute atomic E-state index is 0.0330. The van der Waals surface area contributed by atoms with Crippen LogP contribution in [-0.4, -0.2) is 206 Å². The maximum absolute atomic E-state index is 14.7. The van der Waals surface area contributed by atoms with Gasteiger partial charge in [-0.3, -0.25) is 38.5 Å². The number of rotatable bonds is 39. The number of ketones is 1. The first-order valence-corrected chi connectivity index (χ1v) is 34.7. The number of fused-ring (bicyclic) bond motifs is 4. The molecule has 4 atom stereocenters. The summed E-state index contributed by atoms with van der Waals surface area (Å²) in [6.07, 6.45) is 2.45. The van der Waals surface area contributed by atoms with Gasteiger partial charge in [0, 0.05) is 104 Å². The van der Waals surface area contributed by atoms with Crippen molar-refractivity contribution < 1.29 is 86.3 Å². The Balaban J connectivity index is 0.844. The third kappa shape index (κ3) is 22.5. The Morgan fingerprint density at radius 2 is 1.47 bits per heavy atom. The number of alkyl halides is 1. The fraction of sp³-hybridized carbons (Fsp3) is 0.425. The number of aromatic nitrogens is 2. The number of imide groups is 1. The molecule has 2 aliphatic rings. The van der Waals surface area contributed by atoms with E-state index >= 15 is 0 Å². The maximum Gasteiger partial charge on any atom is 0.415 e. The highest BCUT2D eigenvalue weighted by Crippen LogP contribution is 2.47. The number of likely N-dealkylation sites (N-methyl/N-ethyl adjacent to an activating group) is 1. The molecule has 0 aliphatic carbocycles. The van der Waals surface area contributed by atoms with Crippen LogP contribution in [0, 0.1) is 25.7 Å². The zero-order valence-electron chi connectivity index (χ0n) is 58.7. The minimum Gasteiger partial charge on any atom is -0.480 e. The molecule has 0 radical (unpaired) electrons. The molecular weight excluding hydrogens is 1370 g/mol. The van der Waals surface area contributed by atoms with Gasteiger partial charge in [-0.2, -0.15) is 0 Å². The molecule has 0 unspecified atom stereocenters. The van der Waals surface area contributed by atoms with E-state index in [0.29, 0.717) is 57.5 Å². The second-order valence-electron chi connectivity index (χ2n) is 25.5. The summed E-state index contributed by atoms with van der Waals surface area (Å²) in [7, 11) is 1.49. The van der Waals surface area contributed by atoms with E-state index < -0.39 is 71.8 Å². The van der Waals surface area contributed by atoms with Crippen molar-refractivity contribution in [1.82, 2.24) is 35.3 Å². The standard InChI is InChI=1S/C73H89ClN12O18/c1-44(2)64(82-71(96)102-35-34-101-33-32-100-31-30-99-29-28-85-60(88)22-23-61(85)89)58(87)38-49(11-9-24-77-70(76)95)67(91)79-52-20-16-47(17-21-52)43-103-72(97)83(5)26-27-84(25-7-6-13-55(75)69(93)94)73(98)104-59-39-57-63(62-46(4)10-8-12-54(59)62)51(40-74)42-86(57)68(92)56-37-50-36-53(41-78-65(50)81-56)80-66(90)48-18-14-45(3)15-19-48/h8,10,12,14-23,36-37,39,41,44,49,51,55,64H,6-7,9,11,13,24-35,38,40,42-43,75H2,1-5H3,(H,78,81)(H,79,91)(H,80,90)(H,82,96)(H,93,94)(H3,76,77,95)/t49-,51-,55+,64+/m1/s1. The Labute approximate surface area is 605 Å². The number of hydrogen-bond acceptors (Lipinski definition) is 19. The number of benzene rings is 4. The normalized spacial score (nSPS) is 14.1. The fourth-order valence-corrected chi connectivity index (χ4v) is 12.0. The van der Waals surface area contributed by atoms with Gasteiger partial charge in [0.15, 0.2) is 5.78 Å². The molecule has 104 heavy (non-hydrogen) atoms. The lowest BCUT2D eigenvalue weighted by Gasteiger charge is -2.26. The third-order valence-corrected chi connectivity index (χ3v) is 17.8. The van der Waals surface area contributed by atoms with E-state index in [0.717, 1.165) is 27.0 Å². The van der Waals surface area contributed by atoms with Gasteiger partial charge in [-0.25, -0.2) is 24.2 Å². The molecule has 0 fully saturated rings. The van der Waals surface area contributed by atoms with Gasteiger partial charge in [-0.05, 0) is 110 Å². The number of aryl methyl sites for hydroxylation is 2. The number of H-pyrrole nitrogens is 1. The van der Waals surface area contributed by atoms with Crippen LogP contribution in [0.25, 0.3) is 21.8 Å². The minimum atomic E-state index is -1.17. The van der Waals surface area contributed by atoms with Gasteiger partial charge < -0.3 is 85.9 Å². The topological polar surface area (TPSA) is 405 Å². The number of primary amides is 1. The number of halogens is 1. The predicted octanol–water partition coefficient (Wildman–Crippen LogP) is 7.91. The van der Waals surface area contributed by atoms with Crippen molar-refractivity contribution in [3.8, 4) is 5.75 Å². The molecule has 31 heteroatoms. The van der Waals surface area contributed by atoms with Crippen molar-refractivity contribution in [2.75, 3.05) is 114 Å². The molecule has 2 aliphatic heterocycles. The van der Waals surface area contributed by atoms with Crippen LogP contribution in [0.1, 0.15) is 101 Å². The van der Waals surface area contributed by atoms with Gasteiger partial charge in [0.05, 0.1) is 69.8 Å². The smallest absolute Gasteiger partial charge is 0.415 e. The fourth-order valence-electron chi connectivity index (χ4n) is 11.7. The zero-order chi connectivity index (χ0) is 75.0. The Morgan fingerprint density at radius 3 is 2.14 bits per heavy atom. The average Bonchev–Trinajstić information content (AvgIpc) is 1.55. The first-order valence-electron chi connectivity index (χ1n) is 34.2. The molecule has 4 heterocycles. The Hall–Kier alpha value is -10.5. The number of aromatic amines is 1. The van der Waals surface area contributed by atoms with Crippen LogP contribution in [0.4, 0.5) is 36.2 Å². The molecule has 0 saturated heterocycles. The number of Topliss-reactive ketones (excluding diaryl/α,β-unsaturated/α-hetero) is 1. The third-order valence-electron chi connectivity index (χ3n) is 17.4. The first-order chi connectivity index (χ1) is 49.9. The van der Waals surface area contributed by atoms with E-state index in [4.69, 9.17) is 51.5 Å². The molecule has 0 saturated carbocycles. The molecule has 6 aromatic rings. The Morgan fingerprint density at radius 1 is 0.779 bits per heavy atom. The molecule has 10 N–H and O–H groups in total. The predicted molar refractivity (Wildman–Crippen MR) is 385 cm³/mol. The molecule has 0 bridgehead atoms. The summed E-state index contributed by atoms with van der Waals surface area (Å²) in [5.74, 6) is -4.95. The van der Waals surface area contributed by atoms with Crippen LogP contribution in [0.2, 0.25) is 0 Å². The van der Waals surface area contributed by atoms with Crippen molar-refractivity contribution in [2.45, 2.75) is 90.8 Å². The van der Waals surface area contributed by atoms with Crippen LogP contribution >= 0.6 is 11.6 Å². The number of hydrogen-bond donors (Lipinski definition) is 8. The summed E-state index contributed by atoms with van der Waals surface area (Å²) < 4.78 is 33.5. The molecular formula is C73H89ClN12O18. The number of nitrogens with zero attached hydrogens (tertiary/aromatic N) is 5. The van der Waals surface area contributed by atoms with Crippen LogP contribution < -0.4 is 42.4 Å². The monoisotopic (exact) mass is 1460 g/mol. The number of carboxylic acid groups (broad SMARTS) is 1. The summed E-state index contributed by atoms with van der Waals surface area (Å²) in [6, 6.07) is 21.2. The van der Waals surface area contributed by atoms with Gasteiger partial charge >= 0.3 is 30.3 Å². The number of anilines is 3. The van der Waals surface area contributed by atoms with Gasteiger partial charge in [0.2, 0.25) is 5.91 Å². The number of nitrogens with one attached hydrogen (secondary N) is 5. The van der Waals surface area contributed by atoms with Crippen LogP contribution in [0.5, 0.6) is 5.75 Å². The van der Waals surface area contributed by atoms with Crippen LogP contribution in [0.3, 0.4) is 0 Å². The number of carbonyl (C=O) groups is 11. The molecule has 10 amide bonds. The van der Waals surface area contributed by atoms with E-state index in [2.05, 4.69) is 31.2 Å². The number of carboxylic acids is 1. The molecule has 30 nitrogen and oxygen atoms in total. The molecule has 8 rings (SSSR count). The highest BCUT2D eigenvalue weighted by Gasteiger charge is 2.37. The largest absolute Gasteiger partial charge is 0.480 e. The molecule has 556 valence electrons. The van der Waals surface area contributed by atoms with Crippen molar-refractivity contribution in [3.05, 3.63) is 137 Å². The van der Waals surface area contributed by atoms with E-state index in [1.165, 1.54) is 35.2 Å². The van der Waals surface area contributed by atoms with Crippen LogP contribution in [0.15, 0.2) is 103 Å². The van der Waals surface area contributed by atoms with E-state index in [-0.39, 0.29) is 159 Å². The zero-order valence-corrected chi connectivity index (χ0v) is 59.5. The second kappa shape index (κ2) is 38.7. The maximum atomic E-state index is 14.7. The lowest BCUT2D eigenvalue weighted by molar-refractivity contribution is -0.139. The highest BCUT2D eigenvalue weighted by molar-refractivity contribution is 6.20. The van der Waals surface area contributed by atoms with Crippen molar-refractivity contribution in [1.29, 1.82) is 0 Å². The number of carbonyl (C=O) groups excluding carboxylic acids is 10. The van der Waals surface area contributed by atoms with Gasteiger partial charge in [0.1, 0.15) is 36.3 Å². The number of aliphatic carboxylic acids is 1. The number of ether oxygens (including phenoxy) is 6. The number of unbranched alkanes of at least 4 members (excludes halogenated alkanes) is 1. The quantitative estimate of drug-likeness (QED) is 0.0103. The van der Waals surface area contributed by atoms with Crippen molar-refractivity contribution in [3.63, 3.8) is 0 Å². The second-order valence-corrected chi connectivity index (χ2v) is 25.8. The van der Waals surface area contributed by atoms with E-state index in [9.17, 15) is 57.8 Å². The lowest BCUT2D eigenvalue weighted by atomic mass is 9.89. The number of urea groups is 1. The van der Waals surface area contributed by atoms with Crippen molar-refractivity contribution in [2.24, 2.45) is 23.3 Å². The number of pyridine rings is 1. The summed E-state index contributed by atoms with van der Waals surface area (Å²) >= 11 is 6.68. The molecule has 2 aromatic heterocycles. The first kappa shape index (κ1) is 79.2. The summed E-state index contributed by atoms with van der Waals surface area (Å²) in [4.78, 5) is 156. The Bertz CT molecular complexity index is 4080. The number of nitrogens with two attached hydrogens (primary N) is 2. The summed E-state index contributed by atoms with van der Waals surface area (Å²) in [6.45, 7) is 8.49. The highest BCUT2D eigenvalue weighted by atomic mass is 35.5. The summed E-state index contributed by atoms with van der Waals surface area (Å²) in [5, 5.41) is 22.1. The molecule has 4 aromatic carbocycles.